The molecule has 1 atom stereocenters. The predicted octanol–water partition coefficient (Wildman–Crippen LogP) is 1.63. The normalized spacial score (nSPS) is 25.9. The van der Waals surface area contributed by atoms with Gasteiger partial charge in [-0.1, -0.05) is 0 Å². The van der Waals surface area contributed by atoms with Gasteiger partial charge in [0, 0.05) is 32.3 Å². The van der Waals surface area contributed by atoms with E-state index in [1.165, 1.54) is 51.7 Å². The van der Waals surface area contributed by atoms with E-state index < -0.39 is 0 Å². The average Bonchev–Trinajstić information content (AvgIpc) is 3.13. The molecule has 1 saturated heterocycles. The number of methoxy groups -OCH3 is 1. The van der Waals surface area contributed by atoms with Crippen LogP contribution < -0.4 is 5.32 Å². The number of ether oxygens (including phenoxy) is 1. The van der Waals surface area contributed by atoms with Crippen molar-refractivity contribution >= 4 is 0 Å². The van der Waals surface area contributed by atoms with Crippen LogP contribution in [-0.2, 0) is 4.74 Å². The summed E-state index contributed by atoms with van der Waals surface area (Å²) in [5.41, 5.74) is 0. The molecule has 1 aliphatic carbocycles. The first kappa shape index (κ1) is 12.3. The maximum absolute atomic E-state index is 5.40. The van der Waals surface area contributed by atoms with Crippen LogP contribution in [0, 0.1) is 0 Å². The van der Waals surface area contributed by atoms with Crippen molar-refractivity contribution < 1.29 is 4.74 Å². The van der Waals surface area contributed by atoms with Gasteiger partial charge in [-0.25, -0.2) is 0 Å². The second-order valence-corrected chi connectivity index (χ2v) is 5.34. The van der Waals surface area contributed by atoms with E-state index in [9.17, 15) is 0 Å². The van der Waals surface area contributed by atoms with E-state index in [1.54, 1.807) is 0 Å². The second kappa shape index (κ2) is 5.99. The monoisotopic (exact) mass is 226 g/mol. The van der Waals surface area contributed by atoms with Crippen molar-refractivity contribution in [3.8, 4) is 0 Å². The predicted molar refractivity (Wildman–Crippen MR) is 66.7 cm³/mol. The Balaban J connectivity index is 1.59. The van der Waals surface area contributed by atoms with Gasteiger partial charge in [0.05, 0.1) is 6.10 Å². The highest BCUT2D eigenvalue weighted by molar-refractivity contribution is 4.82. The van der Waals surface area contributed by atoms with Crippen LogP contribution in [0.15, 0.2) is 0 Å². The molecule has 16 heavy (non-hydrogen) atoms. The molecule has 3 nitrogen and oxygen atoms in total. The molecule has 94 valence electrons. The number of nitrogens with zero attached hydrogens (tertiary/aromatic N) is 1. The highest BCUT2D eigenvalue weighted by Crippen LogP contribution is 2.19. The third-order valence-corrected chi connectivity index (χ3v) is 4.01. The topological polar surface area (TPSA) is 24.5 Å². The largest absolute Gasteiger partial charge is 0.381 e. The van der Waals surface area contributed by atoms with Gasteiger partial charge in [-0.05, 0) is 45.6 Å². The molecule has 1 heterocycles. The van der Waals surface area contributed by atoms with Crippen LogP contribution in [0.5, 0.6) is 0 Å². The Morgan fingerprint density at radius 1 is 1.25 bits per heavy atom. The maximum Gasteiger partial charge on any atom is 0.0595 e. The lowest BCUT2D eigenvalue weighted by molar-refractivity contribution is 0.0286. The lowest BCUT2D eigenvalue weighted by Crippen LogP contribution is -2.43. The molecule has 0 aromatic rings. The van der Waals surface area contributed by atoms with Crippen molar-refractivity contribution in [2.45, 2.75) is 57.2 Å². The molecular weight excluding hydrogens is 200 g/mol. The Hall–Kier alpha value is -0.120. The fourth-order valence-electron chi connectivity index (χ4n) is 2.52. The Morgan fingerprint density at radius 3 is 2.50 bits per heavy atom. The van der Waals surface area contributed by atoms with Gasteiger partial charge in [0.1, 0.15) is 0 Å². The molecule has 0 aromatic carbocycles. The van der Waals surface area contributed by atoms with Gasteiger partial charge in [0.25, 0.3) is 0 Å². The Morgan fingerprint density at radius 2 is 1.94 bits per heavy atom. The van der Waals surface area contributed by atoms with E-state index in [4.69, 9.17) is 4.74 Å². The lowest BCUT2D eigenvalue weighted by Gasteiger charge is -2.35. The van der Waals surface area contributed by atoms with Gasteiger partial charge in [0.2, 0.25) is 0 Å². The van der Waals surface area contributed by atoms with Gasteiger partial charge in [-0.2, -0.15) is 0 Å². The van der Waals surface area contributed by atoms with Crippen molar-refractivity contribution in [1.82, 2.24) is 10.2 Å². The van der Waals surface area contributed by atoms with Crippen LogP contribution in [0.4, 0.5) is 0 Å². The van der Waals surface area contributed by atoms with Crippen molar-refractivity contribution in [2.24, 2.45) is 0 Å². The van der Waals surface area contributed by atoms with E-state index in [0.717, 1.165) is 12.1 Å². The molecule has 0 radical (unpaired) electrons. The summed E-state index contributed by atoms with van der Waals surface area (Å²) in [4.78, 5) is 2.62. The van der Waals surface area contributed by atoms with Crippen LogP contribution in [0.2, 0.25) is 0 Å². The molecular formula is C13H26N2O. The minimum atomic E-state index is 0.507. The zero-order valence-electron chi connectivity index (χ0n) is 10.7. The molecule has 2 rings (SSSR count). The Kier molecular flexibility index (Phi) is 4.62. The van der Waals surface area contributed by atoms with Crippen LogP contribution in [0.3, 0.4) is 0 Å². The van der Waals surface area contributed by atoms with Crippen molar-refractivity contribution in [3.63, 3.8) is 0 Å². The zero-order chi connectivity index (χ0) is 11.4. The number of hydrogen-bond donors (Lipinski definition) is 1. The highest BCUT2D eigenvalue weighted by atomic mass is 16.5. The fraction of sp³-hybridized carbons (Fsp3) is 1.00. The van der Waals surface area contributed by atoms with Crippen LogP contribution in [-0.4, -0.2) is 49.8 Å². The minimum absolute atomic E-state index is 0.507. The van der Waals surface area contributed by atoms with Crippen LogP contribution in [0.1, 0.15) is 39.0 Å². The number of hydrogen-bond acceptors (Lipinski definition) is 3. The fourth-order valence-corrected chi connectivity index (χ4v) is 2.52. The lowest BCUT2D eigenvalue weighted by atomic mass is 10.0. The van der Waals surface area contributed by atoms with Gasteiger partial charge >= 0.3 is 0 Å². The zero-order valence-corrected chi connectivity index (χ0v) is 10.7. The molecule has 1 unspecified atom stereocenters. The molecule has 1 saturated carbocycles. The molecule has 2 fully saturated rings. The minimum Gasteiger partial charge on any atom is -0.381 e. The quantitative estimate of drug-likeness (QED) is 0.745. The summed E-state index contributed by atoms with van der Waals surface area (Å²) in [5.74, 6) is 0. The number of piperidine rings is 1. The molecule has 1 N–H and O–H groups in total. The number of nitrogens with one attached hydrogen (secondary N) is 1. The molecule has 1 aliphatic heterocycles. The third-order valence-electron chi connectivity index (χ3n) is 4.01. The van der Waals surface area contributed by atoms with Crippen LogP contribution >= 0.6 is 0 Å². The van der Waals surface area contributed by atoms with Crippen LogP contribution in [0.25, 0.3) is 0 Å². The number of rotatable bonds is 6. The summed E-state index contributed by atoms with van der Waals surface area (Å²) in [7, 11) is 1.84. The third kappa shape index (κ3) is 3.72. The van der Waals surface area contributed by atoms with E-state index in [2.05, 4.69) is 17.1 Å². The Labute approximate surface area is 99.5 Å². The maximum atomic E-state index is 5.40. The molecule has 0 spiro atoms. The highest BCUT2D eigenvalue weighted by Gasteiger charge is 2.23. The molecule has 0 amide bonds. The average molecular weight is 226 g/mol. The summed E-state index contributed by atoms with van der Waals surface area (Å²) in [6.07, 6.45) is 7.00. The first-order valence-electron chi connectivity index (χ1n) is 6.80. The van der Waals surface area contributed by atoms with E-state index in [0.29, 0.717) is 6.10 Å². The standard InChI is InChI=1S/C13H26N2O/c1-11(5-8-14-12-3-4-12)15-9-6-13(16-2)7-10-15/h11-14H,3-10H2,1-2H3. The van der Waals surface area contributed by atoms with E-state index in [1.807, 2.05) is 7.11 Å². The van der Waals surface area contributed by atoms with Crippen molar-refractivity contribution in [1.29, 1.82) is 0 Å². The first-order chi connectivity index (χ1) is 7.79. The summed E-state index contributed by atoms with van der Waals surface area (Å²) >= 11 is 0. The second-order valence-electron chi connectivity index (χ2n) is 5.34. The number of likely N-dealkylation sites (tertiary alicyclic amines) is 1. The smallest absolute Gasteiger partial charge is 0.0595 e. The molecule has 2 aliphatic rings. The summed E-state index contributed by atoms with van der Waals surface area (Å²) in [6, 6.07) is 1.58. The molecule has 0 bridgehead atoms. The van der Waals surface area contributed by atoms with Crippen molar-refractivity contribution in [2.75, 3.05) is 26.7 Å². The van der Waals surface area contributed by atoms with Gasteiger partial charge in [0.15, 0.2) is 0 Å². The molecule has 3 heteroatoms. The first-order valence-corrected chi connectivity index (χ1v) is 6.80. The summed E-state index contributed by atoms with van der Waals surface area (Å²) in [5, 5.41) is 3.60. The SMILES string of the molecule is COC1CCN(C(C)CCNC2CC2)CC1. The van der Waals surface area contributed by atoms with E-state index >= 15 is 0 Å². The van der Waals surface area contributed by atoms with Gasteiger partial charge in [-0.3, -0.25) is 0 Å². The van der Waals surface area contributed by atoms with Gasteiger partial charge in [-0.15, -0.1) is 0 Å². The Bertz CT molecular complexity index is 198. The van der Waals surface area contributed by atoms with E-state index in [-0.39, 0.29) is 0 Å². The summed E-state index contributed by atoms with van der Waals surface area (Å²) in [6.45, 7) is 5.98. The van der Waals surface area contributed by atoms with Gasteiger partial charge < -0.3 is 15.0 Å². The van der Waals surface area contributed by atoms with Crippen molar-refractivity contribution in [3.05, 3.63) is 0 Å². The molecule has 0 aromatic heterocycles. The summed E-state index contributed by atoms with van der Waals surface area (Å²) < 4.78 is 5.40.